The van der Waals surface area contributed by atoms with Gasteiger partial charge in [-0.3, -0.25) is 9.69 Å². The van der Waals surface area contributed by atoms with E-state index in [2.05, 4.69) is 15.4 Å². The molecule has 162 valence electrons. The molecule has 0 bridgehead atoms. The van der Waals surface area contributed by atoms with Gasteiger partial charge in [-0.2, -0.15) is 5.10 Å². The zero-order valence-electron chi connectivity index (χ0n) is 17.7. The van der Waals surface area contributed by atoms with Crippen LogP contribution in [0.25, 0.3) is 10.1 Å². The molecule has 2 aromatic carbocycles. The molecule has 6 nitrogen and oxygen atoms in total. The number of fused-ring (bicyclic) bond motifs is 1. The highest BCUT2D eigenvalue weighted by atomic mass is 32.1. The van der Waals surface area contributed by atoms with Crippen LogP contribution in [0.3, 0.4) is 0 Å². The average Bonchev–Trinajstić information content (AvgIpc) is 3.25. The van der Waals surface area contributed by atoms with E-state index in [4.69, 9.17) is 9.47 Å². The van der Waals surface area contributed by atoms with Crippen molar-refractivity contribution < 1.29 is 14.3 Å². The van der Waals surface area contributed by atoms with Gasteiger partial charge in [-0.15, -0.1) is 11.3 Å². The maximum atomic E-state index is 12.6. The lowest BCUT2D eigenvalue weighted by atomic mass is 10.1. The molecule has 1 aromatic heterocycles. The maximum absolute atomic E-state index is 12.6. The Balaban J connectivity index is 1.34. The van der Waals surface area contributed by atoms with Crippen molar-refractivity contribution in [2.24, 2.45) is 5.10 Å². The maximum Gasteiger partial charge on any atom is 0.272 e. The van der Waals surface area contributed by atoms with Crippen molar-refractivity contribution in [3.8, 4) is 5.75 Å². The normalized spacial score (nSPS) is 15.2. The number of nitrogens with one attached hydrogen (secondary N) is 1. The van der Waals surface area contributed by atoms with Gasteiger partial charge in [-0.1, -0.05) is 25.1 Å². The molecule has 1 aliphatic rings. The summed E-state index contributed by atoms with van der Waals surface area (Å²) in [5, 5.41) is 7.23. The number of thiophene rings is 1. The second-order valence-electron chi connectivity index (χ2n) is 7.33. The van der Waals surface area contributed by atoms with Gasteiger partial charge in [0.2, 0.25) is 0 Å². The van der Waals surface area contributed by atoms with E-state index >= 15 is 0 Å². The zero-order chi connectivity index (χ0) is 21.5. The van der Waals surface area contributed by atoms with Crippen molar-refractivity contribution >= 4 is 33.0 Å². The molecule has 0 radical (unpaired) electrons. The second kappa shape index (κ2) is 10.5. The van der Waals surface area contributed by atoms with E-state index in [1.165, 1.54) is 0 Å². The molecule has 0 saturated carbocycles. The molecule has 31 heavy (non-hydrogen) atoms. The SMILES string of the molecule is CC/C(=N\NC(=O)c1csc2ccccc12)c1ccc(OCCN2CCOCC2)cc1. The van der Waals surface area contributed by atoms with Gasteiger partial charge in [0.25, 0.3) is 5.91 Å². The first kappa shape index (κ1) is 21.5. The third-order valence-electron chi connectivity index (χ3n) is 5.32. The Kier molecular flexibility index (Phi) is 7.30. The Labute approximate surface area is 186 Å². The fraction of sp³-hybridized carbons (Fsp3) is 0.333. The standard InChI is InChI=1S/C24H27N3O3S/c1-2-22(25-26-24(28)21-17-31-23-6-4-3-5-20(21)23)18-7-9-19(10-8-18)30-16-13-27-11-14-29-15-12-27/h3-10,17H,2,11-16H2,1H3,(H,26,28)/b25-22+. The Morgan fingerprint density at radius 3 is 2.71 bits per heavy atom. The van der Waals surface area contributed by atoms with Crippen LogP contribution in [0.5, 0.6) is 5.75 Å². The molecule has 0 aliphatic carbocycles. The van der Waals surface area contributed by atoms with E-state index in [0.717, 1.165) is 60.0 Å². The van der Waals surface area contributed by atoms with Crippen LogP contribution in [0.4, 0.5) is 0 Å². The summed E-state index contributed by atoms with van der Waals surface area (Å²) < 4.78 is 12.3. The van der Waals surface area contributed by atoms with Crippen LogP contribution < -0.4 is 10.2 Å². The van der Waals surface area contributed by atoms with Crippen molar-refractivity contribution in [3.63, 3.8) is 0 Å². The largest absolute Gasteiger partial charge is 0.492 e. The highest BCUT2D eigenvalue weighted by Gasteiger charge is 2.12. The Morgan fingerprint density at radius 2 is 1.94 bits per heavy atom. The van der Waals surface area contributed by atoms with Gasteiger partial charge in [0, 0.05) is 35.1 Å². The van der Waals surface area contributed by atoms with Crippen LogP contribution in [0.1, 0.15) is 29.3 Å². The van der Waals surface area contributed by atoms with Gasteiger partial charge in [0.1, 0.15) is 12.4 Å². The predicted octanol–water partition coefficient (Wildman–Crippen LogP) is 4.16. The van der Waals surface area contributed by atoms with Gasteiger partial charge in [0.15, 0.2) is 0 Å². The van der Waals surface area contributed by atoms with Crippen molar-refractivity contribution in [2.75, 3.05) is 39.5 Å². The average molecular weight is 438 g/mol. The third kappa shape index (κ3) is 5.50. The van der Waals surface area contributed by atoms with E-state index in [9.17, 15) is 4.79 Å². The van der Waals surface area contributed by atoms with E-state index in [1.54, 1.807) is 11.3 Å². The first-order valence-electron chi connectivity index (χ1n) is 10.6. The summed E-state index contributed by atoms with van der Waals surface area (Å²) in [6, 6.07) is 15.8. The van der Waals surface area contributed by atoms with Crippen molar-refractivity contribution in [1.29, 1.82) is 0 Å². The quantitative estimate of drug-likeness (QED) is 0.425. The molecule has 7 heteroatoms. The molecule has 1 N–H and O–H groups in total. The summed E-state index contributed by atoms with van der Waals surface area (Å²) >= 11 is 1.56. The molecule has 3 aromatic rings. The molecule has 1 amide bonds. The van der Waals surface area contributed by atoms with Crippen LogP contribution >= 0.6 is 11.3 Å². The van der Waals surface area contributed by atoms with Crippen LogP contribution in [0, 0.1) is 0 Å². The zero-order valence-corrected chi connectivity index (χ0v) is 18.5. The number of carbonyl (C=O) groups excluding carboxylic acids is 1. The minimum atomic E-state index is -0.188. The Morgan fingerprint density at radius 1 is 1.16 bits per heavy atom. The van der Waals surface area contributed by atoms with Crippen molar-refractivity contribution in [1.82, 2.24) is 10.3 Å². The van der Waals surface area contributed by atoms with Gasteiger partial charge in [-0.05, 0) is 42.3 Å². The van der Waals surface area contributed by atoms with E-state index in [0.29, 0.717) is 18.6 Å². The number of benzene rings is 2. The number of ether oxygens (including phenoxy) is 2. The Hall–Kier alpha value is -2.74. The van der Waals surface area contributed by atoms with Crippen LogP contribution in [-0.4, -0.2) is 56.0 Å². The first-order valence-corrected chi connectivity index (χ1v) is 11.5. The van der Waals surface area contributed by atoms with E-state index < -0.39 is 0 Å². The monoisotopic (exact) mass is 437 g/mol. The van der Waals surface area contributed by atoms with Crippen molar-refractivity contribution in [3.05, 3.63) is 65.0 Å². The second-order valence-corrected chi connectivity index (χ2v) is 8.24. The molecule has 0 atom stereocenters. The third-order valence-corrected chi connectivity index (χ3v) is 6.28. The minimum absolute atomic E-state index is 0.188. The number of morpholine rings is 1. The van der Waals surface area contributed by atoms with Gasteiger partial charge in [0.05, 0.1) is 24.5 Å². The minimum Gasteiger partial charge on any atom is -0.492 e. The highest BCUT2D eigenvalue weighted by Crippen LogP contribution is 2.25. The number of hydrogen-bond donors (Lipinski definition) is 1. The lowest BCUT2D eigenvalue weighted by Gasteiger charge is -2.26. The van der Waals surface area contributed by atoms with Crippen molar-refractivity contribution in [2.45, 2.75) is 13.3 Å². The van der Waals surface area contributed by atoms with Crippen LogP contribution in [-0.2, 0) is 4.74 Å². The first-order chi connectivity index (χ1) is 15.2. The molecular formula is C24H27N3O3S. The van der Waals surface area contributed by atoms with Crippen LogP contribution in [0.15, 0.2) is 59.0 Å². The summed E-state index contributed by atoms with van der Waals surface area (Å²) in [7, 11) is 0. The molecule has 0 spiro atoms. The van der Waals surface area contributed by atoms with Gasteiger partial charge < -0.3 is 9.47 Å². The van der Waals surface area contributed by atoms with Gasteiger partial charge >= 0.3 is 0 Å². The number of hydrogen-bond acceptors (Lipinski definition) is 6. The molecule has 1 aliphatic heterocycles. The Bertz CT molecular complexity index is 1040. The topological polar surface area (TPSA) is 63.2 Å². The fourth-order valence-electron chi connectivity index (χ4n) is 3.54. The van der Waals surface area contributed by atoms with Gasteiger partial charge in [-0.25, -0.2) is 5.43 Å². The summed E-state index contributed by atoms with van der Waals surface area (Å²) in [4.78, 5) is 15.0. The lowest BCUT2D eigenvalue weighted by molar-refractivity contribution is 0.0322. The molecule has 1 saturated heterocycles. The molecule has 2 heterocycles. The molecule has 4 rings (SSSR count). The number of carbonyl (C=O) groups is 1. The molecule has 1 fully saturated rings. The summed E-state index contributed by atoms with van der Waals surface area (Å²) in [5.41, 5.74) is 5.17. The number of nitrogens with zero attached hydrogens (tertiary/aromatic N) is 2. The smallest absolute Gasteiger partial charge is 0.272 e. The van der Waals surface area contributed by atoms with Crippen LogP contribution in [0.2, 0.25) is 0 Å². The lowest BCUT2D eigenvalue weighted by Crippen LogP contribution is -2.38. The molecule has 0 unspecified atom stereocenters. The van der Waals surface area contributed by atoms with E-state index in [1.807, 2.05) is 60.8 Å². The predicted molar refractivity (Wildman–Crippen MR) is 125 cm³/mol. The number of rotatable bonds is 8. The highest BCUT2D eigenvalue weighted by molar-refractivity contribution is 7.17. The summed E-state index contributed by atoms with van der Waals surface area (Å²) in [6.07, 6.45) is 0.710. The number of amides is 1. The number of hydrazone groups is 1. The van der Waals surface area contributed by atoms with E-state index in [-0.39, 0.29) is 5.91 Å². The summed E-state index contributed by atoms with van der Waals surface area (Å²) in [6.45, 7) is 7.10. The molecular weight excluding hydrogens is 410 g/mol. The summed E-state index contributed by atoms with van der Waals surface area (Å²) in [5.74, 6) is 0.646. The fourth-order valence-corrected chi connectivity index (χ4v) is 4.48.